The fourth-order valence-electron chi connectivity index (χ4n) is 2.75. The van der Waals surface area contributed by atoms with Crippen LogP contribution in [0.15, 0.2) is 18.2 Å². The molecule has 4 nitrogen and oxygen atoms in total. The highest BCUT2D eigenvalue weighted by Crippen LogP contribution is 2.23. The number of nitrogens with two attached hydrogens (primary N) is 1. The summed E-state index contributed by atoms with van der Waals surface area (Å²) in [7, 11) is 4.09. The van der Waals surface area contributed by atoms with Gasteiger partial charge in [-0.3, -0.25) is 4.79 Å². The molecule has 1 unspecified atom stereocenters. The van der Waals surface area contributed by atoms with Crippen LogP contribution >= 0.6 is 0 Å². The number of likely N-dealkylation sites (tertiary alicyclic amines) is 1. The van der Waals surface area contributed by atoms with Gasteiger partial charge in [-0.15, -0.1) is 0 Å². The average Bonchev–Trinajstić information content (AvgIpc) is 2.75. The van der Waals surface area contributed by atoms with Crippen LogP contribution in [0, 0.1) is 6.92 Å². The van der Waals surface area contributed by atoms with Gasteiger partial charge in [0, 0.05) is 24.8 Å². The molecule has 1 saturated heterocycles. The number of hydrogen-bond donors (Lipinski definition) is 1. The molecule has 0 radical (unpaired) electrons. The molecule has 2 rings (SSSR count). The molecule has 0 aromatic heterocycles. The number of carbonyl (C=O) groups excluding carboxylic acids is 1. The maximum atomic E-state index is 12.6. The van der Waals surface area contributed by atoms with Gasteiger partial charge in [-0.2, -0.15) is 0 Å². The van der Waals surface area contributed by atoms with Crippen LogP contribution in [0.1, 0.15) is 28.8 Å². The Bertz CT molecular complexity index is 470. The van der Waals surface area contributed by atoms with Crippen molar-refractivity contribution in [1.82, 2.24) is 9.80 Å². The summed E-state index contributed by atoms with van der Waals surface area (Å²) in [5.74, 6) is 0.0712. The fraction of sp³-hybridized carbons (Fsp3) is 0.533. The zero-order chi connectivity index (χ0) is 14.0. The van der Waals surface area contributed by atoms with Crippen molar-refractivity contribution in [3.8, 4) is 0 Å². The Hall–Kier alpha value is -1.55. The van der Waals surface area contributed by atoms with E-state index in [-0.39, 0.29) is 5.91 Å². The van der Waals surface area contributed by atoms with Crippen molar-refractivity contribution in [2.75, 3.05) is 32.9 Å². The minimum atomic E-state index is 0.0712. The minimum Gasteiger partial charge on any atom is -0.398 e. The molecule has 1 atom stereocenters. The molecule has 2 N–H and O–H groups in total. The van der Waals surface area contributed by atoms with E-state index in [2.05, 4.69) is 4.90 Å². The fourth-order valence-corrected chi connectivity index (χ4v) is 2.75. The summed E-state index contributed by atoms with van der Waals surface area (Å²) < 4.78 is 0. The third kappa shape index (κ3) is 3.07. The van der Waals surface area contributed by atoms with Gasteiger partial charge in [0.05, 0.1) is 5.56 Å². The van der Waals surface area contributed by atoms with Crippen LogP contribution in [-0.2, 0) is 0 Å². The molecule has 1 amide bonds. The number of rotatable bonds is 3. The van der Waals surface area contributed by atoms with Crippen LogP contribution in [0.4, 0.5) is 5.69 Å². The smallest absolute Gasteiger partial charge is 0.256 e. The Morgan fingerprint density at radius 1 is 1.47 bits per heavy atom. The number of carbonyl (C=O) groups is 1. The molecule has 1 heterocycles. The number of amides is 1. The molecule has 0 saturated carbocycles. The first kappa shape index (κ1) is 13.9. The van der Waals surface area contributed by atoms with E-state index in [1.807, 2.05) is 44.1 Å². The molecule has 0 spiro atoms. The number of likely N-dealkylation sites (N-methyl/N-ethyl adjacent to an activating group) is 1. The zero-order valence-electron chi connectivity index (χ0n) is 12.0. The van der Waals surface area contributed by atoms with Crippen molar-refractivity contribution in [2.45, 2.75) is 25.8 Å². The van der Waals surface area contributed by atoms with Crippen molar-refractivity contribution < 1.29 is 4.79 Å². The Morgan fingerprint density at radius 2 is 2.21 bits per heavy atom. The van der Waals surface area contributed by atoms with Gasteiger partial charge < -0.3 is 15.5 Å². The molecular weight excluding hydrogens is 238 g/mol. The van der Waals surface area contributed by atoms with Gasteiger partial charge in [0.1, 0.15) is 0 Å². The van der Waals surface area contributed by atoms with Crippen LogP contribution in [0.2, 0.25) is 0 Å². The molecule has 0 bridgehead atoms. The number of benzene rings is 1. The largest absolute Gasteiger partial charge is 0.398 e. The zero-order valence-corrected chi connectivity index (χ0v) is 12.0. The molecule has 1 aliphatic heterocycles. The van der Waals surface area contributed by atoms with Crippen molar-refractivity contribution in [3.05, 3.63) is 29.3 Å². The summed E-state index contributed by atoms with van der Waals surface area (Å²) in [6, 6.07) is 5.96. The van der Waals surface area contributed by atoms with E-state index in [0.717, 1.165) is 31.5 Å². The van der Waals surface area contributed by atoms with E-state index >= 15 is 0 Å². The Kier molecular flexibility index (Phi) is 4.10. The van der Waals surface area contributed by atoms with E-state index in [4.69, 9.17) is 5.73 Å². The van der Waals surface area contributed by atoms with Crippen molar-refractivity contribution >= 4 is 11.6 Å². The second kappa shape index (κ2) is 5.61. The van der Waals surface area contributed by atoms with Crippen LogP contribution in [-0.4, -0.2) is 48.9 Å². The maximum absolute atomic E-state index is 12.6. The van der Waals surface area contributed by atoms with E-state index in [1.165, 1.54) is 0 Å². The Morgan fingerprint density at radius 3 is 2.84 bits per heavy atom. The molecule has 0 aliphatic carbocycles. The highest BCUT2D eigenvalue weighted by Gasteiger charge is 2.30. The van der Waals surface area contributed by atoms with E-state index in [0.29, 0.717) is 17.3 Å². The molecule has 19 heavy (non-hydrogen) atoms. The van der Waals surface area contributed by atoms with Crippen molar-refractivity contribution in [1.29, 1.82) is 0 Å². The molecule has 4 heteroatoms. The molecule has 1 aliphatic rings. The summed E-state index contributed by atoms with van der Waals surface area (Å²) >= 11 is 0. The normalized spacial score (nSPS) is 19.2. The highest BCUT2D eigenvalue weighted by molar-refractivity contribution is 5.99. The minimum absolute atomic E-state index is 0.0712. The lowest BCUT2D eigenvalue weighted by Crippen LogP contribution is -2.41. The number of nitrogen functional groups attached to an aromatic ring is 1. The predicted molar refractivity (Wildman–Crippen MR) is 78.2 cm³/mol. The molecule has 1 aromatic rings. The predicted octanol–water partition coefficient (Wildman–Crippen LogP) is 1.74. The first-order valence-corrected chi connectivity index (χ1v) is 6.81. The number of anilines is 1. The second-order valence-electron chi connectivity index (χ2n) is 5.65. The summed E-state index contributed by atoms with van der Waals surface area (Å²) in [6.45, 7) is 3.73. The van der Waals surface area contributed by atoms with Gasteiger partial charge in [0.25, 0.3) is 5.91 Å². The standard InChI is InChI=1S/C15H23N3O/c1-11-6-7-13(14(16)9-11)15(19)18-8-4-5-12(18)10-17(2)3/h6-7,9,12H,4-5,8,10,16H2,1-3H3. The number of aryl methyl sites for hydroxylation is 1. The number of hydrogen-bond acceptors (Lipinski definition) is 3. The maximum Gasteiger partial charge on any atom is 0.256 e. The second-order valence-corrected chi connectivity index (χ2v) is 5.65. The molecular formula is C15H23N3O. The van der Waals surface area contributed by atoms with Gasteiger partial charge in [-0.1, -0.05) is 6.07 Å². The lowest BCUT2D eigenvalue weighted by molar-refractivity contribution is 0.0717. The average molecular weight is 261 g/mol. The third-order valence-electron chi connectivity index (χ3n) is 3.65. The van der Waals surface area contributed by atoms with Gasteiger partial charge >= 0.3 is 0 Å². The van der Waals surface area contributed by atoms with E-state index in [9.17, 15) is 4.79 Å². The van der Waals surface area contributed by atoms with E-state index in [1.54, 1.807) is 0 Å². The highest BCUT2D eigenvalue weighted by atomic mass is 16.2. The van der Waals surface area contributed by atoms with Crippen molar-refractivity contribution in [2.24, 2.45) is 0 Å². The molecule has 104 valence electrons. The van der Waals surface area contributed by atoms with Crippen LogP contribution in [0.5, 0.6) is 0 Å². The molecule has 1 fully saturated rings. The van der Waals surface area contributed by atoms with Crippen LogP contribution < -0.4 is 5.73 Å². The summed E-state index contributed by atoms with van der Waals surface area (Å²) in [5.41, 5.74) is 8.28. The van der Waals surface area contributed by atoms with Gasteiger partial charge in [0.2, 0.25) is 0 Å². The monoisotopic (exact) mass is 261 g/mol. The van der Waals surface area contributed by atoms with Gasteiger partial charge in [0.15, 0.2) is 0 Å². The van der Waals surface area contributed by atoms with Crippen molar-refractivity contribution in [3.63, 3.8) is 0 Å². The van der Waals surface area contributed by atoms with Crippen LogP contribution in [0.3, 0.4) is 0 Å². The SMILES string of the molecule is Cc1ccc(C(=O)N2CCCC2CN(C)C)c(N)c1. The Labute approximate surface area is 115 Å². The molecule has 1 aromatic carbocycles. The topological polar surface area (TPSA) is 49.6 Å². The van der Waals surface area contributed by atoms with Gasteiger partial charge in [-0.25, -0.2) is 0 Å². The quantitative estimate of drug-likeness (QED) is 0.843. The number of nitrogens with zero attached hydrogens (tertiary/aromatic N) is 2. The van der Waals surface area contributed by atoms with Crippen LogP contribution in [0.25, 0.3) is 0 Å². The van der Waals surface area contributed by atoms with Gasteiger partial charge in [-0.05, 0) is 51.6 Å². The lowest BCUT2D eigenvalue weighted by Gasteiger charge is -2.27. The first-order chi connectivity index (χ1) is 8.99. The summed E-state index contributed by atoms with van der Waals surface area (Å²) in [5, 5.41) is 0. The first-order valence-electron chi connectivity index (χ1n) is 6.81. The van der Waals surface area contributed by atoms with E-state index < -0.39 is 0 Å². The Balaban J connectivity index is 2.18. The third-order valence-corrected chi connectivity index (χ3v) is 3.65. The summed E-state index contributed by atoms with van der Waals surface area (Å²) in [4.78, 5) is 16.7. The lowest BCUT2D eigenvalue weighted by atomic mass is 10.1. The summed E-state index contributed by atoms with van der Waals surface area (Å²) in [6.07, 6.45) is 2.16.